The minimum atomic E-state index is -0.0666. The molecule has 2 rings (SSSR count). The lowest BCUT2D eigenvalue weighted by Crippen LogP contribution is -2.14. The number of hydrogen-bond donors (Lipinski definition) is 1. The largest absolute Gasteiger partial charge is 0.320 e. The van der Waals surface area contributed by atoms with Crippen LogP contribution >= 0.6 is 15.9 Å². The van der Waals surface area contributed by atoms with Crippen molar-refractivity contribution in [2.45, 2.75) is 26.8 Å². The molecule has 0 saturated carbocycles. The summed E-state index contributed by atoms with van der Waals surface area (Å²) in [6, 6.07) is 12.6. The average molecular weight is 304 g/mol. The lowest BCUT2D eigenvalue weighted by Gasteiger charge is -2.18. The van der Waals surface area contributed by atoms with Crippen LogP contribution in [0.25, 0.3) is 0 Å². The second-order valence-corrected chi connectivity index (χ2v) is 5.75. The number of rotatable bonds is 2. The van der Waals surface area contributed by atoms with E-state index in [0.29, 0.717) is 0 Å². The standard InChI is InChI=1S/C16H18BrN/c1-10-4-7-14(12(3)8-10)16(18)15-9-13(17)6-5-11(15)2/h4-9,16H,18H2,1-3H3. The van der Waals surface area contributed by atoms with Gasteiger partial charge in [0.15, 0.2) is 0 Å². The third-order valence-corrected chi connectivity index (χ3v) is 3.83. The van der Waals surface area contributed by atoms with E-state index in [1.54, 1.807) is 0 Å². The van der Waals surface area contributed by atoms with Crippen molar-refractivity contribution < 1.29 is 0 Å². The average Bonchev–Trinajstić information content (AvgIpc) is 2.31. The van der Waals surface area contributed by atoms with Crippen molar-refractivity contribution in [2.75, 3.05) is 0 Å². The zero-order valence-corrected chi connectivity index (χ0v) is 12.6. The minimum Gasteiger partial charge on any atom is -0.320 e. The Labute approximate surface area is 117 Å². The maximum absolute atomic E-state index is 6.42. The smallest absolute Gasteiger partial charge is 0.0557 e. The van der Waals surface area contributed by atoms with Crippen molar-refractivity contribution in [2.24, 2.45) is 5.73 Å². The summed E-state index contributed by atoms with van der Waals surface area (Å²) >= 11 is 3.51. The van der Waals surface area contributed by atoms with E-state index in [1.165, 1.54) is 27.8 Å². The summed E-state index contributed by atoms with van der Waals surface area (Å²) < 4.78 is 1.07. The molecule has 1 unspecified atom stereocenters. The molecule has 0 aliphatic carbocycles. The molecule has 18 heavy (non-hydrogen) atoms. The van der Waals surface area contributed by atoms with Gasteiger partial charge in [0.1, 0.15) is 0 Å². The van der Waals surface area contributed by atoms with Gasteiger partial charge in [-0.3, -0.25) is 0 Å². The third kappa shape index (κ3) is 2.65. The van der Waals surface area contributed by atoms with Crippen molar-refractivity contribution in [3.8, 4) is 0 Å². The summed E-state index contributed by atoms with van der Waals surface area (Å²) in [4.78, 5) is 0. The second kappa shape index (κ2) is 5.25. The van der Waals surface area contributed by atoms with Crippen molar-refractivity contribution in [3.63, 3.8) is 0 Å². The van der Waals surface area contributed by atoms with Gasteiger partial charge in [-0.05, 0) is 55.2 Å². The molecule has 0 amide bonds. The van der Waals surface area contributed by atoms with Crippen LogP contribution in [0.4, 0.5) is 0 Å². The maximum atomic E-state index is 6.42. The van der Waals surface area contributed by atoms with Crippen LogP contribution in [0.3, 0.4) is 0 Å². The first kappa shape index (κ1) is 13.3. The van der Waals surface area contributed by atoms with Gasteiger partial charge in [-0.25, -0.2) is 0 Å². The predicted octanol–water partition coefficient (Wildman–Crippen LogP) is 4.42. The number of nitrogens with two attached hydrogens (primary N) is 1. The molecule has 2 heteroatoms. The molecule has 94 valence electrons. The Balaban J connectivity index is 2.47. The quantitative estimate of drug-likeness (QED) is 0.873. The van der Waals surface area contributed by atoms with E-state index in [0.717, 1.165) is 4.47 Å². The predicted molar refractivity (Wildman–Crippen MR) is 80.8 cm³/mol. The zero-order valence-electron chi connectivity index (χ0n) is 11.0. The van der Waals surface area contributed by atoms with Gasteiger partial charge in [-0.1, -0.05) is 45.8 Å². The van der Waals surface area contributed by atoms with Crippen molar-refractivity contribution in [1.29, 1.82) is 0 Å². The first-order valence-corrected chi connectivity index (χ1v) is 6.87. The molecular formula is C16H18BrN. The van der Waals surface area contributed by atoms with Gasteiger partial charge in [-0.15, -0.1) is 0 Å². The number of benzene rings is 2. The van der Waals surface area contributed by atoms with Gasteiger partial charge in [0.05, 0.1) is 6.04 Å². The van der Waals surface area contributed by atoms with Crippen LogP contribution in [0.15, 0.2) is 40.9 Å². The van der Waals surface area contributed by atoms with E-state index >= 15 is 0 Å². The lowest BCUT2D eigenvalue weighted by atomic mass is 9.92. The molecule has 2 N–H and O–H groups in total. The summed E-state index contributed by atoms with van der Waals surface area (Å²) in [5.74, 6) is 0. The Kier molecular flexibility index (Phi) is 3.88. The monoisotopic (exact) mass is 303 g/mol. The molecule has 0 aromatic heterocycles. The first-order chi connectivity index (χ1) is 8.49. The molecule has 2 aromatic carbocycles. The fourth-order valence-corrected chi connectivity index (χ4v) is 2.67. The first-order valence-electron chi connectivity index (χ1n) is 6.08. The van der Waals surface area contributed by atoms with Crippen molar-refractivity contribution >= 4 is 15.9 Å². The Bertz CT molecular complexity index is 575. The van der Waals surface area contributed by atoms with Crippen LogP contribution in [0.5, 0.6) is 0 Å². The van der Waals surface area contributed by atoms with Crippen LogP contribution in [0, 0.1) is 20.8 Å². The molecule has 0 aliphatic heterocycles. The topological polar surface area (TPSA) is 26.0 Å². The van der Waals surface area contributed by atoms with Gasteiger partial charge < -0.3 is 5.73 Å². The van der Waals surface area contributed by atoms with Crippen LogP contribution < -0.4 is 5.73 Å². The molecule has 1 nitrogen and oxygen atoms in total. The lowest BCUT2D eigenvalue weighted by molar-refractivity contribution is 0.850. The molecule has 0 fully saturated rings. The summed E-state index contributed by atoms with van der Waals surface area (Å²) in [6.45, 7) is 6.33. The van der Waals surface area contributed by atoms with Crippen molar-refractivity contribution in [1.82, 2.24) is 0 Å². The highest BCUT2D eigenvalue weighted by molar-refractivity contribution is 9.10. The molecule has 0 radical (unpaired) electrons. The molecule has 0 spiro atoms. The molecule has 0 bridgehead atoms. The third-order valence-electron chi connectivity index (χ3n) is 3.34. The maximum Gasteiger partial charge on any atom is 0.0557 e. The van der Waals surface area contributed by atoms with E-state index in [2.05, 4.69) is 67.0 Å². The number of aryl methyl sites for hydroxylation is 3. The highest BCUT2D eigenvalue weighted by Crippen LogP contribution is 2.27. The Morgan fingerprint density at radius 2 is 1.61 bits per heavy atom. The molecular weight excluding hydrogens is 286 g/mol. The fourth-order valence-electron chi connectivity index (χ4n) is 2.29. The summed E-state index contributed by atoms with van der Waals surface area (Å²) in [5.41, 5.74) is 12.5. The van der Waals surface area contributed by atoms with Crippen LogP contribution in [-0.2, 0) is 0 Å². The van der Waals surface area contributed by atoms with Gasteiger partial charge in [0.25, 0.3) is 0 Å². The highest BCUT2D eigenvalue weighted by Gasteiger charge is 2.13. The van der Waals surface area contributed by atoms with Crippen LogP contribution in [0.2, 0.25) is 0 Å². The molecule has 2 aromatic rings. The van der Waals surface area contributed by atoms with Crippen LogP contribution in [0.1, 0.15) is 33.9 Å². The molecule has 0 aliphatic rings. The number of halogens is 1. The van der Waals surface area contributed by atoms with E-state index in [1.807, 2.05) is 6.07 Å². The zero-order chi connectivity index (χ0) is 13.3. The van der Waals surface area contributed by atoms with Crippen LogP contribution in [-0.4, -0.2) is 0 Å². The van der Waals surface area contributed by atoms with Gasteiger partial charge in [0.2, 0.25) is 0 Å². The molecule has 0 heterocycles. The minimum absolute atomic E-state index is 0.0666. The Hall–Kier alpha value is -1.12. The van der Waals surface area contributed by atoms with Gasteiger partial charge in [-0.2, -0.15) is 0 Å². The summed E-state index contributed by atoms with van der Waals surface area (Å²) in [5, 5.41) is 0. The van der Waals surface area contributed by atoms with E-state index in [4.69, 9.17) is 5.73 Å². The van der Waals surface area contributed by atoms with Crippen molar-refractivity contribution in [3.05, 3.63) is 68.7 Å². The second-order valence-electron chi connectivity index (χ2n) is 4.84. The number of hydrogen-bond acceptors (Lipinski definition) is 1. The molecule has 0 saturated heterocycles. The summed E-state index contributed by atoms with van der Waals surface area (Å²) in [6.07, 6.45) is 0. The normalized spacial score (nSPS) is 12.5. The van der Waals surface area contributed by atoms with Gasteiger partial charge in [0, 0.05) is 4.47 Å². The Morgan fingerprint density at radius 3 is 2.28 bits per heavy atom. The fraction of sp³-hybridized carbons (Fsp3) is 0.250. The van der Waals surface area contributed by atoms with E-state index in [9.17, 15) is 0 Å². The molecule has 1 atom stereocenters. The Morgan fingerprint density at radius 1 is 0.889 bits per heavy atom. The highest BCUT2D eigenvalue weighted by atomic mass is 79.9. The van der Waals surface area contributed by atoms with E-state index in [-0.39, 0.29) is 6.04 Å². The van der Waals surface area contributed by atoms with E-state index < -0.39 is 0 Å². The SMILES string of the molecule is Cc1ccc(C(N)c2cc(Br)ccc2C)c(C)c1. The summed E-state index contributed by atoms with van der Waals surface area (Å²) in [7, 11) is 0. The van der Waals surface area contributed by atoms with Gasteiger partial charge >= 0.3 is 0 Å².